The number of hydrogen-bond donors (Lipinski definition) is 1. The van der Waals surface area contributed by atoms with Gasteiger partial charge in [-0.1, -0.05) is 65.7 Å². The standard InChI is InChI=1S/C18H14Cl2O/c1-11-6-7-12(10-17(11)20)18(21)15-8-9-16(19)14-5-3-2-4-13(14)15/h2-10,18,21H,1H3. The van der Waals surface area contributed by atoms with E-state index in [1.165, 1.54) is 0 Å². The second kappa shape index (κ2) is 5.69. The average molecular weight is 317 g/mol. The van der Waals surface area contributed by atoms with E-state index in [2.05, 4.69) is 0 Å². The van der Waals surface area contributed by atoms with Crippen molar-refractivity contribution < 1.29 is 5.11 Å². The zero-order chi connectivity index (χ0) is 15.0. The highest BCUT2D eigenvalue weighted by Gasteiger charge is 2.15. The topological polar surface area (TPSA) is 20.2 Å². The second-order valence-corrected chi connectivity index (χ2v) is 5.91. The van der Waals surface area contributed by atoms with Crippen LogP contribution in [0.15, 0.2) is 54.6 Å². The number of rotatable bonds is 2. The minimum absolute atomic E-state index is 0.657. The first-order valence-corrected chi connectivity index (χ1v) is 7.45. The number of halogens is 2. The van der Waals surface area contributed by atoms with Crippen LogP contribution in [0.4, 0.5) is 0 Å². The van der Waals surface area contributed by atoms with Crippen LogP contribution in [0.3, 0.4) is 0 Å². The molecule has 3 aromatic rings. The number of aliphatic hydroxyl groups is 1. The van der Waals surface area contributed by atoms with Gasteiger partial charge in [0.15, 0.2) is 0 Å². The Morgan fingerprint density at radius 3 is 2.29 bits per heavy atom. The summed E-state index contributed by atoms with van der Waals surface area (Å²) < 4.78 is 0. The molecule has 0 bridgehead atoms. The predicted molar refractivity (Wildman–Crippen MR) is 89.2 cm³/mol. The third kappa shape index (κ3) is 2.65. The molecular formula is C18H14Cl2O. The molecule has 106 valence electrons. The van der Waals surface area contributed by atoms with Gasteiger partial charge in [-0.15, -0.1) is 0 Å². The molecule has 1 unspecified atom stereocenters. The monoisotopic (exact) mass is 316 g/mol. The number of aryl methyl sites for hydroxylation is 1. The van der Waals surface area contributed by atoms with Crippen LogP contribution in [-0.2, 0) is 0 Å². The van der Waals surface area contributed by atoms with E-state index in [1.54, 1.807) is 0 Å². The summed E-state index contributed by atoms with van der Waals surface area (Å²) in [5.41, 5.74) is 2.60. The van der Waals surface area contributed by atoms with E-state index < -0.39 is 6.10 Å². The van der Waals surface area contributed by atoms with Gasteiger partial charge in [0.2, 0.25) is 0 Å². The van der Waals surface area contributed by atoms with Crippen molar-refractivity contribution in [1.29, 1.82) is 0 Å². The molecule has 3 heteroatoms. The first kappa shape index (κ1) is 14.4. The van der Waals surface area contributed by atoms with Crippen molar-refractivity contribution in [3.8, 4) is 0 Å². The molecule has 1 N–H and O–H groups in total. The van der Waals surface area contributed by atoms with Gasteiger partial charge >= 0.3 is 0 Å². The average Bonchev–Trinajstić information content (AvgIpc) is 2.50. The Kier molecular flexibility index (Phi) is 3.90. The minimum Gasteiger partial charge on any atom is -0.384 e. The summed E-state index contributed by atoms with van der Waals surface area (Å²) in [6.45, 7) is 1.94. The fourth-order valence-corrected chi connectivity index (χ4v) is 2.90. The van der Waals surface area contributed by atoms with E-state index in [0.717, 1.165) is 27.5 Å². The molecular weight excluding hydrogens is 303 g/mol. The zero-order valence-electron chi connectivity index (χ0n) is 11.5. The minimum atomic E-state index is -0.731. The van der Waals surface area contributed by atoms with Crippen molar-refractivity contribution >= 4 is 34.0 Å². The summed E-state index contributed by atoms with van der Waals surface area (Å²) in [6.07, 6.45) is -0.731. The lowest BCUT2D eigenvalue weighted by molar-refractivity contribution is 0.222. The molecule has 0 amide bonds. The first-order chi connectivity index (χ1) is 10.1. The van der Waals surface area contributed by atoms with Crippen LogP contribution in [0.2, 0.25) is 10.0 Å². The lowest BCUT2D eigenvalue weighted by atomic mass is 9.95. The van der Waals surface area contributed by atoms with Crippen LogP contribution in [0.5, 0.6) is 0 Å². The van der Waals surface area contributed by atoms with Crippen molar-refractivity contribution in [2.45, 2.75) is 13.0 Å². The third-order valence-corrected chi connectivity index (χ3v) is 4.45. The molecule has 0 aliphatic rings. The number of aliphatic hydroxyl groups excluding tert-OH is 1. The van der Waals surface area contributed by atoms with Crippen molar-refractivity contribution in [3.63, 3.8) is 0 Å². The third-order valence-electron chi connectivity index (χ3n) is 3.71. The molecule has 0 spiro atoms. The van der Waals surface area contributed by atoms with Gasteiger partial charge in [0.05, 0.1) is 0 Å². The molecule has 1 atom stereocenters. The zero-order valence-corrected chi connectivity index (χ0v) is 13.0. The van der Waals surface area contributed by atoms with Crippen LogP contribution in [0.1, 0.15) is 22.8 Å². The molecule has 1 nitrogen and oxygen atoms in total. The SMILES string of the molecule is Cc1ccc(C(O)c2ccc(Cl)c3ccccc23)cc1Cl. The molecule has 0 fully saturated rings. The summed E-state index contributed by atoms with van der Waals surface area (Å²) in [5, 5.41) is 13.9. The molecule has 0 saturated carbocycles. The Bertz CT molecular complexity index is 811. The fourth-order valence-electron chi connectivity index (χ4n) is 2.48. The van der Waals surface area contributed by atoms with Gasteiger partial charge in [-0.25, -0.2) is 0 Å². The van der Waals surface area contributed by atoms with Crippen LogP contribution in [0.25, 0.3) is 10.8 Å². The maximum atomic E-state index is 10.7. The summed E-state index contributed by atoms with van der Waals surface area (Å²) in [7, 11) is 0. The fraction of sp³-hybridized carbons (Fsp3) is 0.111. The lowest BCUT2D eigenvalue weighted by Gasteiger charge is -2.16. The maximum absolute atomic E-state index is 10.7. The molecule has 0 aliphatic heterocycles. The molecule has 0 aromatic heterocycles. The van der Waals surface area contributed by atoms with Gasteiger partial charge < -0.3 is 5.11 Å². The van der Waals surface area contributed by atoms with Gasteiger partial charge in [-0.3, -0.25) is 0 Å². The van der Waals surface area contributed by atoms with Crippen molar-refractivity contribution in [2.75, 3.05) is 0 Å². The van der Waals surface area contributed by atoms with E-state index in [-0.39, 0.29) is 0 Å². The number of hydrogen-bond acceptors (Lipinski definition) is 1. The molecule has 3 rings (SSSR count). The van der Waals surface area contributed by atoms with Gasteiger partial charge in [-0.2, -0.15) is 0 Å². The van der Waals surface area contributed by atoms with Gasteiger partial charge in [0.1, 0.15) is 6.10 Å². The summed E-state index contributed by atoms with van der Waals surface area (Å²) in [4.78, 5) is 0. The van der Waals surface area contributed by atoms with Gasteiger partial charge in [0, 0.05) is 15.4 Å². The summed E-state index contributed by atoms with van der Waals surface area (Å²) in [5.74, 6) is 0. The van der Waals surface area contributed by atoms with E-state index in [1.807, 2.05) is 61.5 Å². The maximum Gasteiger partial charge on any atom is 0.105 e. The van der Waals surface area contributed by atoms with Gasteiger partial charge in [0.25, 0.3) is 0 Å². The Hall–Kier alpha value is -1.54. The van der Waals surface area contributed by atoms with Crippen molar-refractivity contribution in [1.82, 2.24) is 0 Å². The highest BCUT2D eigenvalue weighted by Crippen LogP contribution is 2.33. The Labute approximate surface area is 133 Å². The molecule has 0 aliphatic carbocycles. The smallest absolute Gasteiger partial charge is 0.105 e. The highest BCUT2D eigenvalue weighted by atomic mass is 35.5. The number of fused-ring (bicyclic) bond motifs is 1. The first-order valence-electron chi connectivity index (χ1n) is 6.69. The quantitative estimate of drug-likeness (QED) is 0.658. The van der Waals surface area contributed by atoms with Crippen LogP contribution >= 0.6 is 23.2 Å². The molecule has 21 heavy (non-hydrogen) atoms. The predicted octanol–water partition coefficient (Wildman–Crippen LogP) is 5.54. The van der Waals surface area contributed by atoms with Crippen LogP contribution in [-0.4, -0.2) is 5.11 Å². The molecule has 0 heterocycles. The number of benzene rings is 3. The molecule has 3 aromatic carbocycles. The van der Waals surface area contributed by atoms with E-state index >= 15 is 0 Å². The molecule has 0 radical (unpaired) electrons. The Balaban J connectivity index is 2.15. The largest absolute Gasteiger partial charge is 0.384 e. The highest BCUT2D eigenvalue weighted by molar-refractivity contribution is 6.35. The van der Waals surface area contributed by atoms with Crippen LogP contribution < -0.4 is 0 Å². The Morgan fingerprint density at radius 2 is 1.57 bits per heavy atom. The van der Waals surface area contributed by atoms with E-state index in [0.29, 0.717) is 10.0 Å². The summed E-state index contributed by atoms with van der Waals surface area (Å²) in [6, 6.07) is 17.1. The molecule has 0 saturated heterocycles. The Morgan fingerprint density at radius 1 is 0.857 bits per heavy atom. The second-order valence-electron chi connectivity index (χ2n) is 5.09. The normalized spacial score (nSPS) is 12.6. The van der Waals surface area contributed by atoms with E-state index in [4.69, 9.17) is 23.2 Å². The van der Waals surface area contributed by atoms with Gasteiger partial charge in [-0.05, 0) is 41.1 Å². The summed E-state index contributed by atoms with van der Waals surface area (Å²) >= 11 is 12.4. The van der Waals surface area contributed by atoms with E-state index in [9.17, 15) is 5.11 Å². The van der Waals surface area contributed by atoms with Crippen molar-refractivity contribution in [3.05, 3.63) is 81.3 Å². The van der Waals surface area contributed by atoms with Crippen LogP contribution in [0, 0.1) is 6.92 Å². The van der Waals surface area contributed by atoms with Crippen molar-refractivity contribution in [2.24, 2.45) is 0 Å². The lowest BCUT2D eigenvalue weighted by Crippen LogP contribution is -2.01.